The fraction of sp³-hybridized carbons (Fsp3) is 0.333. The van der Waals surface area contributed by atoms with E-state index in [0.29, 0.717) is 0 Å². The maximum Gasteiger partial charge on any atom is 0.132 e. The molecule has 1 aromatic carbocycles. The Bertz CT molecular complexity index is 271. The SMILES string of the molecule is C=CC[N@@+](C)(CC)c1ccccc1.[Br-]. The molecular formula is C12H18BrN. The van der Waals surface area contributed by atoms with Crippen molar-refractivity contribution < 1.29 is 17.0 Å². The Morgan fingerprint density at radius 2 is 1.86 bits per heavy atom. The smallest absolute Gasteiger partial charge is 0.132 e. The van der Waals surface area contributed by atoms with Gasteiger partial charge >= 0.3 is 0 Å². The monoisotopic (exact) mass is 255 g/mol. The molecule has 0 radical (unpaired) electrons. The van der Waals surface area contributed by atoms with Crippen LogP contribution in [0.1, 0.15) is 6.92 Å². The van der Waals surface area contributed by atoms with E-state index in [0.717, 1.165) is 17.6 Å². The molecule has 0 N–H and O–H groups in total. The van der Waals surface area contributed by atoms with Gasteiger partial charge in [-0.25, -0.2) is 0 Å². The summed E-state index contributed by atoms with van der Waals surface area (Å²) in [5.74, 6) is 0. The first-order valence-corrected chi connectivity index (χ1v) is 4.74. The molecule has 2 heteroatoms. The first-order valence-electron chi connectivity index (χ1n) is 4.74. The van der Waals surface area contributed by atoms with E-state index in [2.05, 4.69) is 50.9 Å². The number of benzene rings is 1. The third kappa shape index (κ3) is 2.96. The van der Waals surface area contributed by atoms with Gasteiger partial charge < -0.3 is 17.0 Å². The molecule has 0 aliphatic heterocycles. The van der Waals surface area contributed by atoms with Crippen LogP contribution in [0.4, 0.5) is 5.69 Å². The summed E-state index contributed by atoms with van der Waals surface area (Å²) in [4.78, 5) is 0. The molecule has 1 atom stereocenters. The first-order chi connectivity index (χ1) is 6.23. The quantitative estimate of drug-likeness (QED) is 0.518. The number of hydrogen-bond acceptors (Lipinski definition) is 0. The Hall–Kier alpha value is -0.600. The van der Waals surface area contributed by atoms with Gasteiger partial charge in [-0.1, -0.05) is 24.8 Å². The zero-order valence-electron chi connectivity index (χ0n) is 8.91. The maximum absolute atomic E-state index is 3.80. The van der Waals surface area contributed by atoms with Crippen molar-refractivity contribution in [3.05, 3.63) is 43.0 Å². The molecule has 0 aromatic heterocycles. The van der Waals surface area contributed by atoms with Crippen molar-refractivity contribution in [1.82, 2.24) is 4.48 Å². The van der Waals surface area contributed by atoms with Crippen LogP contribution in [0, 0.1) is 0 Å². The van der Waals surface area contributed by atoms with Crippen LogP contribution in [-0.4, -0.2) is 20.1 Å². The van der Waals surface area contributed by atoms with Crippen molar-refractivity contribution in [3.63, 3.8) is 0 Å². The summed E-state index contributed by atoms with van der Waals surface area (Å²) in [5, 5.41) is 0. The van der Waals surface area contributed by atoms with E-state index in [4.69, 9.17) is 0 Å². The lowest BCUT2D eigenvalue weighted by Gasteiger charge is -2.31. The largest absolute Gasteiger partial charge is 1.00 e. The average molecular weight is 256 g/mol. The maximum atomic E-state index is 3.80. The molecule has 1 nitrogen and oxygen atoms in total. The van der Waals surface area contributed by atoms with Gasteiger partial charge in [0.2, 0.25) is 0 Å². The normalized spacial score (nSPS) is 13.9. The third-order valence-corrected chi connectivity index (χ3v) is 2.61. The predicted molar refractivity (Wildman–Crippen MR) is 59.8 cm³/mol. The van der Waals surface area contributed by atoms with E-state index in [9.17, 15) is 0 Å². The number of quaternary nitrogens is 1. The van der Waals surface area contributed by atoms with Crippen molar-refractivity contribution in [2.45, 2.75) is 6.92 Å². The standard InChI is InChI=1S/C12H18N.BrH/c1-4-11-13(3,5-2)12-9-7-6-8-10-12;/h4,6-10H,1,5,11H2,2-3H3;1H/q+1;/p-1/t13-;/m1./s1. The molecule has 0 amide bonds. The molecule has 1 aromatic rings. The van der Waals surface area contributed by atoms with Gasteiger partial charge in [-0.2, -0.15) is 0 Å². The Balaban J connectivity index is 0.00000169. The highest BCUT2D eigenvalue weighted by Gasteiger charge is 2.19. The van der Waals surface area contributed by atoms with Crippen LogP contribution in [0.2, 0.25) is 0 Å². The molecule has 1 rings (SSSR count). The minimum Gasteiger partial charge on any atom is -1.00 e. The van der Waals surface area contributed by atoms with Crippen LogP contribution in [0.3, 0.4) is 0 Å². The summed E-state index contributed by atoms with van der Waals surface area (Å²) < 4.78 is 0.935. The lowest BCUT2D eigenvalue weighted by atomic mass is 10.2. The molecule has 0 saturated carbocycles. The summed E-state index contributed by atoms with van der Waals surface area (Å²) in [6, 6.07) is 10.6. The van der Waals surface area contributed by atoms with Crippen molar-refractivity contribution in [2.75, 3.05) is 20.1 Å². The van der Waals surface area contributed by atoms with Gasteiger partial charge in [0, 0.05) is 0 Å². The van der Waals surface area contributed by atoms with Gasteiger partial charge in [-0.05, 0) is 25.1 Å². The Kier molecular flexibility index (Phi) is 5.73. The number of rotatable bonds is 4. The molecule has 0 fully saturated rings. The van der Waals surface area contributed by atoms with E-state index in [-0.39, 0.29) is 17.0 Å². The van der Waals surface area contributed by atoms with Crippen LogP contribution in [0.15, 0.2) is 43.0 Å². The number of hydrogen-bond donors (Lipinski definition) is 0. The molecule has 0 aliphatic rings. The van der Waals surface area contributed by atoms with E-state index in [1.807, 2.05) is 6.08 Å². The van der Waals surface area contributed by atoms with Crippen LogP contribution < -0.4 is 21.5 Å². The Morgan fingerprint density at radius 1 is 1.29 bits per heavy atom. The minimum atomic E-state index is 0. The number of halogens is 1. The molecule has 14 heavy (non-hydrogen) atoms. The van der Waals surface area contributed by atoms with E-state index in [1.54, 1.807) is 0 Å². The minimum absolute atomic E-state index is 0. The second-order valence-electron chi connectivity index (χ2n) is 3.52. The molecule has 0 aliphatic carbocycles. The summed E-state index contributed by atoms with van der Waals surface area (Å²) in [5.41, 5.74) is 1.35. The van der Waals surface area contributed by atoms with E-state index < -0.39 is 0 Å². The third-order valence-electron chi connectivity index (χ3n) is 2.61. The molecule has 0 heterocycles. The number of para-hydroxylation sites is 1. The topological polar surface area (TPSA) is 0 Å². The van der Waals surface area contributed by atoms with Crippen LogP contribution in [-0.2, 0) is 0 Å². The first kappa shape index (κ1) is 13.4. The van der Waals surface area contributed by atoms with Crippen LogP contribution in [0.5, 0.6) is 0 Å². The van der Waals surface area contributed by atoms with Crippen molar-refractivity contribution >= 4 is 5.69 Å². The average Bonchev–Trinajstić information content (AvgIpc) is 2.19. The highest BCUT2D eigenvalue weighted by Crippen LogP contribution is 2.19. The zero-order chi connectivity index (χ0) is 9.73. The van der Waals surface area contributed by atoms with Crippen LogP contribution >= 0.6 is 0 Å². The molecule has 0 spiro atoms. The van der Waals surface area contributed by atoms with E-state index >= 15 is 0 Å². The second-order valence-corrected chi connectivity index (χ2v) is 3.52. The number of likely N-dealkylation sites (N-methyl/N-ethyl adjacent to an activating group) is 1. The Morgan fingerprint density at radius 3 is 2.29 bits per heavy atom. The second kappa shape index (κ2) is 5.99. The van der Waals surface area contributed by atoms with Gasteiger partial charge in [0.05, 0.1) is 13.6 Å². The zero-order valence-corrected chi connectivity index (χ0v) is 10.5. The van der Waals surface area contributed by atoms with Gasteiger partial charge in [0.15, 0.2) is 0 Å². The fourth-order valence-corrected chi connectivity index (χ4v) is 1.49. The molecule has 78 valence electrons. The lowest BCUT2D eigenvalue weighted by Crippen LogP contribution is -3.00. The molecule has 0 unspecified atom stereocenters. The molecule has 0 saturated heterocycles. The molecular weight excluding hydrogens is 238 g/mol. The highest BCUT2D eigenvalue weighted by atomic mass is 79.9. The summed E-state index contributed by atoms with van der Waals surface area (Å²) in [7, 11) is 2.23. The number of nitrogens with zero attached hydrogens (tertiary/aromatic N) is 1. The van der Waals surface area contributed by atoms with E-state index in [1.165, 1.54) is 5.69 Å². The van der Waals surface area contributed by atoms with Gasteiger partial charge in [-0.15, -0.1) is 0 Å². The summed E-state index contributed by atoms with van der Waals surface area (Å²) in [6.45, 7) is 8.09. The van der Waals surface area contributed by atoms with Crippen molar-refractivity contribution in [1.29, 1.82) is 0 Å². The fourth-order valence-electron chi connectivity index (χ4n) is 1.49. The predicted octanol–water partition coefficient (Wildman–Crippen LogP) is -0.166. The van der Waals surface area contributed by atoms with Gasteiger partial charge in [0.25, 0.3) is 0 Å². The Labute approximate surface area is 97.4 Å². The summed E-state index contributed by atoms with van der Waals surface area (Å²) >= 11 is 0. The van der Waals surface area contributed by atoms with Crippen molar-refractivity contribution in [3.8, 4) is 0 Å². The van der Waals surface area contributed by atoms with Crippen molar-refractivity contribution in [2.24, 2.45) is 0 Å². The van der Waals surface area contributed by atoms with Gasteiger partial charge in [0.1, 0.15) is 12.2 Å². The van der Waals surface area contributed by atoms with Crippen LogP contribution in [0.25, 0.3) is 0 Å². The summed E-state index contributed by atoms with van der Waals surface area (Å²) in [6.07, 6.45) is 1.98. The van der Waals surface area contributed by atoms with Gasteiger partial charge in [-0.3, -0.25) is 4.48 Å². The highest BCUT2D eigenvalue weighted by molar-refractivity contribution is 5.42. The molecule has 0 bridgehead atoms. The lowest BCUT2D eigenvalue weighted by molar-refractivity contribution is -0.00000281.